The second kappa shape index (κ2) is 4.32. The van der Waals surface area contributed by atoms with Crippen LogP contribution in [0.1, 0.15) is 0 Å². The number of hydrogen-bond acceptors (Lipinski definition) is 6. The lowest BCUT2D eigenvalue weighted by Gasteiger charge is -2.02. The van der Waals surface area contributed by atoms with Crippen LogP contribution in [-0.4, -0.2) is 32.4 Å². The summed E-state index contributed by atoms with van der Waals surface area (Å²) in [6, 6.07) is 1.43. The van der Waals surface area contributed by atoms with Gasteiger partial charge in [0.05, 0.1) is 6.07 Å². The van der Waals surface area contributed by atoms with Gasteiger partial charge in [0.15, 0.2) is 11.6 Å². The summed E-state index contributed by atoms with van der Waals surface area (Å²) in [5.74, 6) is -1.24. The number of nitrogens with zero attached hydrogens (tertiary/aromatic N) is 3. The molecular weight excluding hydrogens is 270 g/mol. The predicted molar refractivity (Wildman–Crippen MR) is 57.6 cm³/mol. The van der Waals surface area contributed by atoms with Crippen molar-refractivity contribution in [2.75, 3.05) is 10.5 Å². The summed E-state index contributed by atoms with van der Waals surface area (Å²) in [5, 5.41) is 16.8. The van der Waals surface area contributed by atoms with Gasteiger partial charge in [-0.2, -0.15) is 10.4 Å². The van der Waals surface area contributed by atoms with Crippen LogP contribution in [0, 0.1) is 11.3 Å². The largest absolute Gasteiger partial charge is 0.272 e. The molecule has 0 aliphatic heterocycles. The smallest absolute Gasteiger partial charge is 0.247 e. The van der Waals surface area contributed by atoms with Gasteiger partial charge in [0, 0.05) is 13.2 Å². The van der Waals surface area contributed by atoms with Crippen LogP contribution in [0.25, 0.3) is 0 Å². The Morgan fingerprint density at radius 2 is 2.12 bits per heavy atom. The number of anilines is 1. The van der Waals surface area contributed by atoms with E-state index in [-0.39, 0.29) is 0 Å². The molecule has 0 atom stereocenters. The minimum Gasteiger partial charge on any atom is -0.272 e. The Kier molecular flexibility index (Phi) is 3.41. The van der Waals surface area contributed by atoms with Crippen LogP contribution in [0.15, 0.2) is 11.1 Å². The van der Waals surface area contributed by atoms with Crippen LogP contribution in [0.4, 0.5) is 5.82 Å². The van der Waals surface area contributed by atoms with E-state index in [9.17, 15) is 16.8 Å². The first-order chi connectivity index (χ1) is 7.65. The monoisotopic (exact) mass is 279 g/mol. The van der Waals surface area contributed by atoms with Crippen molar-refractivity contribution in [2.24, 2.45) is 12.2 Å². The van der Waals surface area contributed by atoms with Crippen molar-refractivity contribution < 1.29 is 16.8 Å². The van der Waals surface area contributed by atoms with Crippen molar-refractivity contribution in [3.63, 3.8) is 0 Å². The van der Waals surface area contributed by atoms with E-state index in [1.165, 1.54) is 13.1 Å². The number of hydrogen-bond donors (Lipinski definition) is 2. The molecule has 0 fully saturated rings. The summed E-state index contributed by atoms with van der Waals surface area (Å²) in [4.78, 5) is -0.457. The molecule has 1 aromatic rings. The number of aryl methyl sites for hydroxylation is 1. The number of nitriles is 1. The van der Waals surface area contributed by atoms with Gasteiger partial charge in [-0.1, -0.05) is 0 Å². The molecule has 0 bridgehead atoms. The van der Waals surface area contributed by atoms with Gasteiger partial charge in [-0.25, -0.2) is 22.0 Å². The van der Waals surface area contributed by atoms with Gasteiger partial charge in [-0.05, 0) is 0 Å². The van der Waals surface area contributed by atoms with Gasteiger partial charge in [0.1, 0.15) is 4.90 Å². The number of primary sulfonamides is 1. The zero-order chi connectivity index (χ0) is 13.3. The quantitative estimate of drug-likeness (QED) is 0.673. The van der Waals surface area contributed by atoms with Crippen LogP contribution in [0.5, 0.6) is 0 Å². The lowest BCUT2D eigenvalue weighted by molar-refractivity contribution is 0.598. The number of sulfonamides is 2. The van der Waals surface area contributed by atoms with Crippen LogP contribution < -0.4 is 9.86 Å². The highest BCUT2D eigenvalue weighted by Crippen LogP contribution is 2.18. The molecular formula is C6H9N5O4S2. The molecule has 0 spiro atoms. The van der Waals surface area contributed by atoms with Crippen LogP contribution in [0.2, 0.25) is 0 Å². The highest BCUT2D eigenvalue weighted by molar-refractivity contribution is 7.93. The fourth-order valence-corrected chi connectivity index (χ4v) is 2.43. The molecule has 0 aromatic carbocycles. The van der Waals surface area contributed by atoms with Crippen molar-refractivity contribution in [1.82, 2.24) is 9.78 Å². The van der Waals surface area contributed by atoms with E-state index in [0.29, 0.717) is 0 Å². The Balaban J connectivity index is 3.22. The second-order valence-electron chi connectivity index (χ2n) is 3.08. The third-order valence-electron chi connectivity index (χ3n) is 1.61. The van der Waals surface area contributed by atoms with Gasteiger partial charge in [0.2, 0.25) is 20.0 Å². The Hall–Kier alpha value is -1.64. The van der Waals surface area contributed by atoms with Gasteiger partial charge in [0.25, 0.3) is 0 Å². The maximum absolute atomic E-state index is 11.3. The second-order valence-corrected chi connectivity index (χ2v) is 6.33. The zero-order valence-corrected chi connectivity index (χ0v) is 10.3. The van der Waals surface area contributed by atoms with E-state index >= 15 is 0 Å². The van der Waals surface area contributed by atoms with Crippen molar-refractivity contribution in [2.45, 2.75) is 4.90 Å². The lowest BCUT2D eigenvalue weighted by atomic mass is 10.7. The molecule has 94 valence electrons. The van der Waals surface area contributed by atoms with Gasteiger partial charge in [-0.15, -0.1) is 0 Å². The molecule has 1 aromatic heterocycles. The Bertz CT molecular complexity index is 666. The summed E-state index contributed by atoms with van der Waals surface area (Å²) in [7, 11) is -6.65. The number of rotatable bonds is 4. The fourth-order valence-electron chi connectivity index (χ4n) is 1.01. The normalized spacial score (nSPS) is 12.1. The maximum Gasteiger partial charge on any atom is 0.247 e. The molecule has 9 nitrogen and oxygen atoms in total. The van der Waals surface area contributed by atoms with Crippen LogP contribution in [0.3, 0.4) is 0 Å². The third-order valence-corrected chi connectivity index (χ3v) is 3.53. The predicted octanol–water partition coefficient (Wildman–Crippen LogP) is -1.67. The summed E-state index contributed by atoms with van der Waals surface area (Å²) >= 11 is 0. The van der Waals surface area contributed by atoms with E-state index in [0.717, 1.165) is 10.9 Å². The van der Waals surface area contributed by atoms with Crippen molar-refractivity contribution in [3.8, 4) is 6.07 Å². The molecule has 0 aliphatic carbocycles. The summed E-state index contributed by atoms with van der Waals surface area (Å²) in [6.45, 7) is 0. The van der Waals surface area contributed by atoms with E-state index in [4.69, 9.17) is 10.4 Å². The van der Waals surface area contributed by atoms with E-state index in [1.54, 1.807) is 0 Å². The molecule has 17 heavy (non-hydrogen) atoms. The average Bonchev–Trinajstić information content (AvgIpc) is 2.44. The molecule has 0 radical (unpaired) electrons. The van der Waals surface area contributed by atoms with Gasteiger partial charge >= 0.3 is 0 Å². The first kappa shape index (κ1) is 13.4. The molecule has 0 saturated heterocycles. The highest BCUT2D eigenvalue weighted by Gasteiger charge is 2.22. The number of aromatic nitrogens is 2. The Labute approximate surface area is 97.9 Å². The van der Waals surface area contributed by atoms with Crippen LogP contribution >= 0.6 is 0 Å². The first-order valence-corrected chi connectivity index (χ1v) is 7.29. The summed E-state index contributed by atoms with van der Waals surface area (Å²) < 4.78 is 47.8. The Morgan fingerprint density at radius 1 is 1.53 bits per heavy atom. The average molecular weight is 279 g/mol. The zero-order valence-electron chi connectivity index (χ0n) is 8.65. The molecule has 1 heterocycles. The molecule has 11 heteroatoms. The molecule has 1 rings (SSSR count). The number of nitrogens with two attached hydrogens (primary N) is 1. The Morgan fingerprint density at radius 3 is 2.59 bits per heavy atom. The molecule has 0 aliphatic rings. The number of nitrogens with one attached hydrogen (secondary N) is 1. The van der Waals surface area contributed by atoms with Crippen molar-refractivity contribution in [1.29, 1.82) is 5.26 Å². The fraction of sp³-hybridized carbons (Fsp3) is 0.333. The summed E-state index contributed by atoms with van der Waals surface area (Å²) in [5.41, 5.74) is 0. The molecule has 0 amide bonds. The van der Waals surface area contributed by atoms with Gasteiger partial charge < -0.3 is 0 Å². The van der Waals surface area contributed by atoms with Crippen molar-refractivity contribution in [3.05, 3.63) is 6.20 Å². The molecule has 0 saturated carbocycles. The minimum absolute atomic E-state index is 0.426. The van der Waals surface area contributed by atoms with E-state index < -0.39 is 36.5 Å². The maximum atomic E-state index is 11.3. The van der Waals surface area contributed by atoms with E-state index in [2.05, 4.69) is 5.10 Å². The standard InChI is InChI=1S/C6H9N5O4S2/c1-11-4-5(17(8,14)15)6(9-11)10-16(12,13)3-2-7/h4H,3H2,1H3,(H,9,10)(H2,8,14,15). The van der Waals surface area contributed by atoms with E-state index in [1.807, 2.05) is 4.72 Å². The minimum atomic E-state index is -4.09. The lowest BCUT2D eigenvalue weighted by Crippen LogP contribution is -2.19. The first-order valence-electron chi connectivity index (χ1n) is 4.09. The van der Waals surface area contributed by atoms with Gasteiger partial charge in [-0.3, -0.25) is 9.40 Å². The third kappa shape index (κ3) is 3.41. The van der Waals surface area contributed by atoms with Crippen molar-refractivity contribution >= 4 is 25.9 Å². The summed E-state index contributed by atoms with van der Waals surface area (Å²) in [6.07, 6.45) is 1.06. The molecule has 3 N–H and O–H groups in total. The topological polar surface area (TPSA) is 148 Å². The molecule has 0 unspecified atom stereocenters. The van der Waals surface area contributed by atoms with Crippen LogP contribution in [-0.2, 0) is 27.1 Å². The highest BCUT2D eigenvalue weighted by atomic mass is 32.2. The SMILES string of the molecule is Cn1cc(S(N)(=O)=O)c(NS(=O)(=O)CC#N)n1.